The largest absolute Gasteiger partial charge is 0.492 e. The molecule has 0 radical (unpaired) electrons. The molecule has 0 spiro atoms. The van der Waals surface area contributed by atoms with Gasteiger partial charge in [0.15, 0.2) is 9.84 Å². The Balaban J connectivity index is 2.00. The number of carbonyl (C=O) groups is 1. The van der Waals surface area contributed by atoms with Crippen molar-refractivity contribution in [1.82, 2.24) is 0 Å². The Hall–Kier alpha value is -0.900. The molecule has 1 amide bonds. The maximum atomic E-state index is 12.2. The second-order valence-electron chi connectivity index (χ2n) is 4.69. The van der Waals surface area contributed by atoms with E-state index in [2.05, 4.69) is 37.2 Å². The number of rotatable bonds is 6. The highest BCUT2D eigenvalue weighted by atomic mass is 79.9. The number of ether oxygens (including phenoxy) is 1. The van der Waals surface area contributed by atoms with E-state index in [-0.39, 0.29) is 18.3 Å². The fourth-order valence-electron chi connectivity index (χ4n) is 1.63. The predicted octanol–water partition coefficient (Wildman–Crippen LogP) is 3.95. The second kappa shape index (κ2) is 7.78. The summed E-state index contributed by atoms with van der Waals surface area (Å²) in [6, 6.07) is 8.55. The molecule has 1 N–H and O–H groups in total. The number of hydrogen-bond donors (Lipinski definition) is 1. The minimum atomic E-state index is -3.06. The number of anilines is 1. The standard InChI is InChI=1S/C14H13Br2NO4S2/c1-23(19,20)6-5-21-10-4-2-3-9(7-10)17-14(18)12-8-11(15)13(16)22-12/h2-4,7-8H,5-6H2,1H3,(H,17,18). The molecule has 2 aromatic rings. The van der Waals surface area contributed by atoms with E-state index < -0.39 is 9.84 Å². The molecule has 9 heteroatoms. The lowest BCUT2D eigenvalue weighted by Gasteiger charge is -2.08. The normalized spacial score (nSPS) is 11.3. The lowest BCUT2D eigenvalue weighted by molar-refractivity contribution is 0.103. The summed E-state index contributed by atoms with van der Waals surface area (Å²) < 4.78 is 29.2. The van der Waals surface area contributed by atoms with Crippen molar-refractivity contribution in [2.75, 3.05) is 23.9 Å². The number of carbonyl (C=O) groups excluding carboxylic acids is 1. The Morgan fingerprint density at radius 2 is 2.04 bits per heavy atom. The number of benzene rings is 1. The maximum Gasteiger partial charge on any atom is 0.265 e. The van der Waals surface area contributed by atoms with E-state index in [1.165, 1.54) is 11.3 Å². The molecule has 0 fully saturated rings. The Bertz CT molecular complexity index is 798. The summed E-state index contributed by atoms with van der Waals surface area (Å²) in [5.41, 5.74) is 0.576. The van der Waals surface area contributed by atoms with E-state index in [1.54, 1.807) is 30.3 Å². The van der Waals surface area contributed by atoms with E-state index in [0.29, 0.717) is 16.3 Å². The molecule has 0 saturated heterocycles. The highest BCUT2D eigenvalue weighted by Crippen LogP contribution is 2.32. The first-order chi connectivity index (χ1) is 10.7. The summed E-state index contributed by atoms with van der Waals surface area (Å²) in [4.78, 5) is 12.7. The van der Waals surface area contributed by atoms with Crippen molar-refractivity contribution in [3.63, 3.8) is 0 Å². The van der Waals surface area contributed by atoms with Crippen molar-refractivity contribution in [2.45, 2.75) is 0 Å². The summed E-state index contributed by atoms with van der Waals surface area (Å²) in [5, 5.41) is 2.78. The SMILES string of the molecule is CS(=O)(=O)CCOc1cccc(NC(=O)c2cc(Br)c(Br)s2)c1. The second-order valence-corrected chi connectivity index (χ2v) is 10.2. The third-order valence-corrected chi connectivity index (χ3v) is 6.85. The van der Waals surface area contributed by atoms with E-state index in [4.69, 9.17) is 4.74 Å². The van der Waals surface area contributed by atoms with Crippen LogP contribution in [0.25, 0.3) is 0 Å². The summed E-state index contributed by atoms with van der Waals surface area (Å²) >= 11 is 8.01. The summed E-state index contributed by atoms with van der Waals surface area (Å²) in [5.74, 6) is 0.218. The van der Waals surface area contributed by atoms with Gasteiger partial charge in [-0.3, -0.25) is 4.79 Å². The fraction of sp³-hybridized carbons (Fsp3) is 0.214. The lowest BCUT2D eigenvalue weighted by Crippen LogP contribution is -2.12. The van der Waals surface area contributed by atoms with Gasteiger partial charge in [0.05, 0.1) is 14.4 Å². The number of hydrogen-bond acceptors (Lipinski definition) is 5. The zero-order chi connectivity index (χ0) is 17.0. The molecular formula is C14H13Br2NO4S2. The third-order valence-electron chi connectivity index (χ3n) is 2.68. The minimum Gasteiger partial charge on any atom is -0.492 e. The fourth-order valence-corrected chi connectivity index (χ4v) is 3.94. The Labute approximate surface area is 155 Å². The van der Waals surface area contributed by atoms with Gasteiger partial charge in [0, 0.05) is 22.5 Å². The smallest absolute Gasteiger partial charge is 0.265 e. The average molecular weight is 483 g/mol. The molecule has 0 unspecified atom stereocenters. The zero-order valence-corrected chi connectivity index (χ0v) is 16.8. The number of nitrogens with one attached hydrogen (secondary N) is 1. The van der Waals surface area contributed by atoms with Gasteiger partial charge in [-0.05, 0) is 50.1 Å². The summed E-state index contributed by atoms with van der Waals surface area (Å²) in [6.45, 7) is 0.0705. The van der Waals surface area contributed by atoms with Crippen LogP contribution >= 0.6 is 43.2 Å². The van der Waals surface area contributed by atoms with Gasteiger partial charge in [-0.1, -0.05) is 6.07 Å². The molecule has 0 bridgehead atoms. The van der Waals surface area contributed by atoms with Crippen molar-refractivity contribution >= 4 is 64.6 Å². The minimum absolute atomic E-state index is 0.0547. The van der Waals surface area contributed by atoms with Crippen LogP contribution in [0.1, 0.15) is 9.67 Å². The van der Waals surface area contributed by atoms with Crippen LogP contribution in [0.15, 0.2) is 38.6 Å². The van der Waals surface area contributed by atoms with Gasteiger partial charge >= 0.3 is 0 Å². The van der Waals surface area contributed by atoms with Crippen LogP contribution in [0.5, 0.6) is 5.75 Å². The zero-order valence-electron chi connectivity index (χ0n) is 12.0. The van der Waals surface area contributed by atoms with Gasteiger partial charge < -0.3 is 10.1 Å². The van der Waals surface area contributed by atoms with Crippen molar-refractivity contribution in [3.05, 3.63) is 43.5 Å². The van der Waals surface area contributed by atoms with E-state index in [1.807, 2.05) is 0 Å². The van der Waals surface area contributed by atoms with Crippen molar-refractivity contribution in [1.29, 1.82) is 0 Å². The molecule has 0 atom stereocenters. The topological polar surface area (TPSA) is 72.5 Å². The predicted molar refractivity (Wildman–Crippen MR) is 99.3 cm³/mol. The first kappa shape index (κ1) is 18.4. The first-order valence-corrected chi connectivity index (χ1v) is 10.9. The number of halogens is 2. The number of thiophene rings is 1. The first-order valence-electron chi connectivity index (χ1n) is 6.41. The summed E-state index contributed by atoms with van der Waals surface area (Å²) in [7, 11) is -3.06. The van der Waals surface area contributed by atoms with Crippen LogP contribution in [0.3, 0.4) is 0 Å². The van der Waals surface area contributed by atoms with Crippen LogP contribution in [-0.4, -0.2) is 32.9 Å². The van der Waals surface area contributed by atoms with Gasteiger partial charge in [0.1, 0.15) is 12.4 Å². The lowest BCUT2D eigenvalue weighted by atomic mass is 10.3. The van der Waals surface area contributed by atoms with Gasteiger partial charge in [0.2, 0.25) is 0 Å². The van der Waals surface area contributed by atoms with E-state index in [0.717, 1.165) is 14.5 Å². The Morgan fingerprint density at radius 1 is 1.30 bits per heavy atom. The van der Waals surface area contributed by atoms with Crippen LogP contribution in [0.2, 0.25) is 0 Å². The third kappa shape index (κ3) is 5.91. The molecule has 0 aliphatic heterocycles. The summed E-state index contributed by atoms with van der Waals surface area (Å²) in [6.07, 6.45) is 1.16. The maximum absolute atomic E-state index is 12.2. The van der Waals surface area contributed by atoms with Crippen molar-refractivity contribution in [2.24, 2.45) is 0 Å². The van der Waals surface area contributed by atoms with E-state index in [9.17, 15) is 13.2 Å². The molecule has 23 heavy (non-hydrogen) atoms. The Kier molecular flexibility index (Phi) is 6.24. The highest BCUT2D eigenvalue weighted by Gasteiger charge is 2.12. The molecule has 2 rings (SSSR count). The molecule has 0 aliphatic rings. The molecule has 1 aromatic carbocycles. The van der Waals surface area contributed by atoms with Crippen molar-refractivity contribution < 1.29 is 17.9 Å². The van der Waals surface area contributed by atoms with Gasteiger partial charge in [-0.25, -0.2) is 8.42 Å². The van der Waals surface area contributed by atoms with Gasteiger partial charge in [-0.2, -0.15) is 0 Å². The number of sulfone groups is 1. The Morgan fingerprint density at radius 3 is 2.65 bits per heavy atom. The molecule has 1 aromatic heterocycles. The van der Waals surface area contributed by atoms with Crippen molar-refractivity contribution in [3.8, 4) is 5.75 Å². The van der Waals surface area contributed by atoms with Gasteiger partial charge in [-0.15, -0.1) is 11.3 Å². The van der Waals surface area contributed by atoms with Crippen LogP contribution in [-0.2, 0) is 9.84 Å². The van der Waals surface area contributed by atoms with Gasteiger partial charge in [0.25, 0.3) is 5.91 Å². The monoisotopic (exact) mass is 481 g/mol. The molecule has 0 saturated carbocycles. The average Bonchev–Trinajstić information content (AvgIpc) is 2.78. The molecule has 0 aliphatic carbocycles. The van der Waals surface area contributed by atoms with Crippen LogP contribution < -0.4 is 10.1 Å². The van der Waals surface area contributed by atoms with E-state index >= 15 is 0 Å². The molecule has 124 valence electrons. The molecular weight excluding hydrogens is 470 g/mol. The highest BCUT2D eigenvalue weighted by molar-refractivity contribution is 9.13. The molecule has 5 nitrogen and oxygen atoms in total. The molecule has 1 heterocycles. The van der Waals surface area contributed by atoms with Crippen LogP contribution in [0.4, 0.5) is 5.69 Å². The van der Waals surface area contributed by atoms with Crippen LogP contribution in [0, 0.1) is 0 Å². The number of amides is 1. The quantitative estimate of drug-likeness (QED) is 0.676.